The molecule has 160 valence electrons. The number of rotatable bonds is 5. The molecule has 0 radical (unpaired) electrons. The summed E-state index contributed by atoms with van der Waals surface area (Å²) in [5, 5.41) is 9.63. The van der Waals surface area contributed by atoms with E-state index in [1.54, 1.807) is 6.08 Å². The van der Waals surface area contributed by atoms with E-state index in [1.807, 2.05) is 23.1 Å². The summed E-state index contributed by atoms with van der Waals surface area (Å²) in [6.45, 7) is 2.63. The molecule has 1 amide bonds. The van der Waals surface area contributed by atoms with Crippen molar-refractivity contribution in [2.24, 2.45) is 11.8 Å². The number of carboxylic acid groups (broad SMARTS) is 1. The van der Waals surface area contributed by atoms with Crippen LogP contribution in [-0.2, 0) is 14.3 Å². The van der Waals surface area contributed by atoms with Crippen LogP contribution in [0.2, 0.25) is 0 Å². The van der Waals surface area contributed by atoms with Crippen molar-refractivity contribution < 1.29 is 19.4 Å². The number of aliphatic carboxylic acids is 1. The molecule has 0 aliphatic carbocycles. The van der Waals surface area contributed by atoms with Gasteiger partial charge in [-0.05, 0) is 11.1 Å². The fraction of sp³-hybridized carbons (Fsp3) is 0.360. The molecule has 2 fully saturated rings. The number of carbonyl (C=O) groups is 2. The lowest BCUT2D eigenvalue weighted by atomic mass is 9.82. The number of nitrogens with zero attached hydrogens (tertiary/aromatic N) is 2. The Hall–Kier alpha value is -2.96. The van der Waals surface area contributed by atoms with Crippen molar-refractivity contribution in [3.8, 4) is 0 Å². The molecule has 0 spiro atoms. The van der Waals surface area contributed by atoms with Crippen LogP contribution in [0.1, 0.15) is 17.2 Å². The Morgan fingerprint density at radius 3 is 1.84 bits per heavy atom. The monoisotopic (exact) mass is 418 g/mol. The van der Waals surface area contributed by atoms with Gasteiger partial charge in [-0.2, -0.15) is 0 Å². The van der Waals surface area contributed by atoms with Crippen LogP contribution in [0.15, 0.2) is 72.8 Å². The summed E-state index contributed by atoms with van der Waals surface area (Å²) >= 11 is 0. The maximum Gasteiger partial charge on any atom is 0.310 e. The number of amides is 1. The van der Waals surface area contributed by atoms with Gasteiger partial charge in [0.15, 0.2) is 0 Å². The fourth-order valence-electron chi connectivity index (χ4n) is 5.19. The number of fused-ring (bicyclic) bond motifs is 2. The lowest BCUT2D eigenvalue weighted by Gasteiger charge is -2.41. The summed E-state index contributed by atoms with van der Waals surface area (Å²) in [7, 11) is 0. The van der Waals surface area contributed by atoms with Gasteiger partial charge in [-0.1, -0.05) is 72.8 Å². The summed E-state index contributed by atoms with van der Waals surface area (Å²) in [5.41, 5.74) is 2.46. The number of benzene rings is 2. The molecule has 6 nitrogen and oxygen atoms in total. The van der Waals surface area contributed by atoms with Gasteiger partial charge in [0.2, 0.25) is 5.91 Å². The summed E-state index contributed by atoms with van der Waals surface area (Å²) in [6.07, 6.45) is 2.70. The highest BCUT2D eigenvalue weighted by Gasteiger charge is 2.54. The molecule has 4 atom stereocenters. The third-order valence-electron chi connectivity index (χ3n) is 6.69. The molecule has 2 aromatic carbocycles. The first-order valence-electron chi connectivity index (χ1n) is 10.8. The largest absolute Gasteiger partial charge is 0.481 e. The van der Waals surface area contributed by atoms with Gasteiger partial charge in [0, 0.05) is 26.2 Å². The Morgan fingerprint density at radius 1 is 0.806 bits per heavy atom. The molecule has 6 heteroatoms. The smallest absolute Gasteiger partial charge is 0.310 e. The van der Waals surface area contributed by atoms with E-state index < -0.39 is 30.0 Å². The van der Waals surface area contributed by atoms with Crippen molar-refractivity contribution in [3.63, 3.8) is 0 Å². The molecule has 2 aromatic rings. The lowest BCUT2D eigenvalue weighted by molar-refractivity contribution is -0.150. The molecular formula is C25H26N2O4. The van der Waals surface area contributed by atoms with E-state index in [1.165, 1.54) is 11.1 Å². The van der Waals surface area contributed by atoms with E-state index in [0.717, 1.165) is 13.1 Å². The van der Waals surface area contributed by atoms with Gasteiger partial charge in [0.1, 0.15) is 5.92 Å². The Bertz CT molecular complexity index is 930. The van der Waals surface area contributed by atoms with Crippen LogP contribution in [0.5, 0.6) is 0 Å². The number of carbonyl (C=O) groups excluding carboxylic acids is 1. The van der Waals surface area contributed by atoms with Gasteiger partial charge in [0.25, 0.3) is 0 Å². The van der Waals surface area contributed by atoms with Gasteiger partial charge in [0.05, 0.1) is 24.2 Å². The lowest BCUT2D eigenvalue weighted by Crippen LogP contribution is -2.53. The molecule has 1 N–H and O–H groups in total. The average Bonchev–Trinajstić information content (AvgIpc) is 3.43. The maximum atomic E-state index is 13.3. The Labute approximate surface area is 181 Å². The molecule has 2 saturated heterocycles. The van der Waals surface area contributed by atoms with E-state index >= 15 is 0 Å². The molecule has 2 bridgehead atoms. The van der Waals surface area contributed by atoms with E-state index in [0.29, 0.717) is 13.1 Å². The van der Waals surface area contributed by atoms with Gasteiger partial charge in [-0.3, -0.25) is 14.5 Å². The quantitative estimate of drug-likeness (QED) is 0.756. The zero-order valence-corrected chi connectivity index (χ0v) is 17.2. The Kier molecular flexibility index (Phi) is 5.34. The van der Waals surface area contributed by atoms with Crippen LogP contribution in [0, 0.1) is 11.8 Å². The van der Waals surface area contributed by atoms with Crippen LogP contribution in [-0.4, -0.2) is 65.2 Å². The maximum absolute atomic E-state index is 13.3. The first-order valence-corrected chi connectivity index (χ1v) is 10.8. The second-order valence-corrected chi connectivity index (χ2v) is 8.43. The molecule has 0 unspecified atom stereocenters. The summed E-state index contributed by atoms with van der Waals surface area (Å²) in [5.74, 6) is -2.47. The van der Waals surface area contributed by atoms with Crippen LogP contribution in [0.25, 0.3) is 0 Å². The van der Waals surface area contributed by atoms with Crippen LogP contribution < -0.4 is 0 Å². The van der Waals surface area contributed by atoms with Gasteiger partial charge in [-0.15, -0.1) is 0 Å². The van der Waals surface area contributed by atoms with Crippen molar-refractivity contribution in [2.45, 2.75) is 18.2 Å². The van der Waals surface area contributed by atoms with E-state index in [4.69, 9.17) is 4.74 Å². The predicted octanol–water partition coefficient (Wildman–Crippen LogP) is 2.57. The Morgan fingerprint density at radius 2 is 1.32 bits per heavy atom. The highest BCUT2D eigenvalue weighted by molar-refractivity contribution is 5.87. The SMILES string of the molecule is O=C(O)[C@@H]1[C@@H](C(=O)N2CCN(C(c3ccccc3)c3ccccc3)CC2)[C@H]2C=C[C@@H]1O2. The molecular weight excluding hydrogens is 392 g/mol. The van der Waals surface area contributed by atoms with Crippen LogP contribution in [0.3, 0.4) is 0 Å². The minimum Gasteiger partial charge on any atom is -0.481 e. The van der Waals surface area contributed by atoms with Crippen LogP contribution in [0.4, 0.5) is 0 Å². The topological polar surface area (TPSA) is 70.1 Å². The molecule has 0 aromatic heterocycles. The molecule has 3 heterocycles. The van der Waals surface area contributed by atoms with Gasteiger partial charge < -0.3 is 14.7 Å². The first-order chi connectivity index (χ1) is 15.1. The van der Waals surface area contributed by atoms with Crippen molar-refractivity contribution in [1.29, 1.82) is 0 Å². The molecule has 3 aliphatic heterocycles. The summed E-state index contributed by atoms with van der Waals surface area (Å²) in [4.78, 5) is 29.2. The third-order valence-corrected chi connectivity index (χ3v) is 6.69. The standard InChI is InChI=1S/C25H26N2O4/c28-24(21-19-11-12-20(31-19)22(21)25(29)30)27-15-13-26(14-16-27)23(17-7-3-1-4-8-17)18-9-5-2-6-10-18/h1-12,19-23H,13-16H2,(H,29,30)/t19-,20+,21+,22+/m1/s1. The van der Waals surface area contributed by atoms with Crippen molar-refractivity contribution in [2.75, 3.05) is 26.2 Å². The minimum atomic E-state index is -0.956. The van der Waals surface area contributed by atoms with E-state index in [9.17, 15) is 14.7 Å². The van der Waals surface area contributed by atoms with Gasteiger partial charge >= 0.3 is 5.97 Å². The normalized spacial score (nSPS) is 27.7. The number of ether oxygens (including phenoxy) is 1. The highest BCUT2D eigenvalue weighted by atomic mass is 16.5. The molecule has 5 rings (SSSR count). The second kappa shape index (κ2) is 8.29. The zero-order chi connectivity index (χ0) is 21.4. The van der Waals surface area contributed by atoms with Gasteiger partial charge in [-0.25, -0.2) is 0 Å². The number of hydrogen-bond donors (Lipinski definition) is 1. The second-order valence-electron chi connectivity index (χ2n) is 8.43. The van der Waals surface area contributed by atoms with Crippen molar-refractivity contribution in [1.82, 2.24) is 9.80 Å². The molecule has 3 aliphatic rings. The molecule has 0 saturated carbocycles. The Balaban J connectivity index is 1.32. The summed E-state index contributed by atoms with van der Waals surface area (Å²) < 4.78 is 5.70. The van der Waals surface area contributed by atoms with E-state index in [-0.39, 0.29) is 11.9 Å². The van der Waals surface area contributed by atoms with Crippen molar-refractivity contribution in [3.05, 3.63) is 83.9 Å². The zero-order valence-electron chi connectivity index (χ0n) is 17.2. The number of hydrogen-bond acceptors (Lipinski definition) is 4. The van der Waals surface area contributed by atoms with Crippen LogP contribution >= 0.6 is 0 Å². The number of piperazine rings is 1. The fourth-order valence-corrected chi connectivity index (χ4v) is 5.19. The predicted molar refractivity (Wildman–Crippen MR) is 115 cm³/mol. The first kappa shape index (κ1) is 20.0. The summed E-state index contributed by atoms with van der Waals surface area (Å²) in [6, 6.07) is 21.0. The molecule has 31 heavy (non-hydrogen) atoms. The number of carboxylic acids is 1. The third kappa shape index (κ3) is 3.66. The van der Waals surface area contributed by atoms with Crippen molar-refractivity contribution >= 4 is 11.9 Å². The average molecular weight is 418 g/mol. The van der Waals surface area contributed by atoms with E-state index in [2.05, 4.69) is 53.4 Å². The minimum absolute atomic E-state index is 0.0973. The highest BCUT2D eigenvalue weighted by Crippen LogP contribution is 2.40.